The molecule has 2 aromatic rings. The molecule has 6 amide bonds. The number of hydrogen-bond donors (Lipinski definition) is 10. The van der Waals surface area contributed by atoms with Gasteiger partial charge >= 0.3 is 47.9 Å². The Labute approximate surface area is 509 Å². The molecule has 2 aromatic heterocycles. The van der Waals surface area contributed by atoms with Crippen molar-refractivity contribution >= 4 is 92.4 Å². The van der Waals surface area contributed by atoms with Gasteiger partial charge in [-0.15, -0.1) is 22.7 Å². The van der Waals surface area contributed by atoms with Gasteiger partial charge in [0.25, 0.3) is 0 Å². The molecule has 0 bridgehead atoms. The molecular formula is C56H86N12O16S2. The highest BCUT2D eigenvalue weighted by Gasteiger charge is 2.45. The standard InChI is InChI=1S/2C22H34N6O2S.3C4H6O4/c2*1-5-7-28(22(30)25-6-8-26(2)3)21(29)15-9-14-10-16-17(12-23)20(24)31-19(16)11-18(14)27(4)13-15;3*5-3(6)1-2-4(7)8/h2*14-15,18H,5-11,13,24H2,1-4H3,(H,25,30);3*1-2H2,(H,5,6)(H,7,8)/t2*14-,15-,18-;;;/m11.../s1. The number of carbonyl (C=O) groups excluding carboxylic acids is 4. The van der Waals surface area contributed by atoms with Crippen molar-refractivity contribution in [1.82, 2.24) is 40.0 Å². The van der Waals surface area contributed by atoms with Crippen LogP contribution in [0.2, 0.25) is 0 Å². The molecule has 0 spiro atoms. The number of fused-ring (bicyclic) bond motifs is 4. The number of amides is 6. The molecule has 2 fully saturated rings. The lowest BCUT2D eigenvalue weighted by Gasteiger charge is -2.45. The highest BCUT2D eigenvalue weighted by Crippen LogP contribution is 2.44. The van der Waals surface area contributed by atoms with Crippen LogP contribution in [0.15, 0.2) is 0 Å². The van der Waals surface area contributed by atoms with Crippen molar-refractivity contribution in [3.63, 3.8) is 0 Å². The van der Waals surface area contributed by atoms with Gasteiger partial charge in [-0.05, 0) is 117 Å². The zero-order valence-corrected chi connectivity index (χ0v) is 52.0. The molecule has 4 heterocycles. The first-order chi connectivity index (χ1) is 40.4. The maximum absolute atomic E-state index is 13.4. The van der Waals surface area contributed by atoms with E-state index in [2.05, 4.69) is 46.7 Å². The van der Waals surface area contributed by atoms with Crippen molar-refractivity contribution in [2.24, 2.45) is 23.7 Å². The number of urea groups is 2. The Hall–Kier alpha value is -7.48. The lowest BCUT2D eigenvalue weighted by Crippen LogP contribution is -2.55. The van der Waals surface area contributed by atoms with E-state index in [0.29, 0.717) is 72.5 Å². The zero-order valence-electron chi connectivity index (χ0n) is 50.3. The van der Waals surface area contributed by atoms with Crippen LogP contribution < -0.4 is 22.1 Å². The van der Waals surface area contributed by atoms with Crippen LogP contribution in [0.3, 0.4) is 0 Å². The summed E-state index contributed by atoms with van der Waals surface area (Å²) in [6, 6.07) is 4.60. The van der Waals surface area contributed by atoms with Crippen molar-refractivity contribution in [2.45, 2.75) is 116 Å². The van der Waals surface area contributed by atoms with E-state index in [1.165, 1.54) is 42.2 Å². The van der Waals surface area contributed by atoms with Gasteiger partial charge in [-0.2, -0.15) is 10.5 Å². The van der Waals surface area contributed by atoms with Crippen LogP contribution in [0, 0.1) is 46.3 Å². The minimum absolute atomic E-state index is 0.0920. The molecule has 2 aliphatic heterocycles. The molecule has 30 heteroatoms. The molecular weight excluding hydrogens is 1160 g/mol. The fourth-order valence-corrected chi connectivity index (χ4v) is 12.6. The third-order valence-corrected chi connectivity index (χ3v) is 16.7. The second kappa shape index (κ2) is 37.2. The first-order valence-corrected chi connectivity index (χ1v) is 29.8. The van der Waals surface area contributed by atoms with E-state index in [9.17, 15) is 58.5 Å². The summed E-state index contributed by atoms with van der Waals surface area (Å²) < 4.78 is 0. The second-order valence-corrected chi connectivity index (χ2v) is 24.1. The summed E-state index contributed by atoms with van der Waals surface area (Å²) in [6.45, 7) is 8.55. The number of carboxylic acids is 6. The number of nitrogens with zero attached hydrogens (tertiary/aromatic N) is 8. The van der Waals surface area contributed by atoms with E-state index >= 15 is 0 Å². The average molecular weight is 1250 g/mol. The Morgan fingerprint density at radius 1 is 0.523 bits per heavy atom. The highest BCUT2D eigenvalue weighted by molar-refractivity contribution is 7.16. The number of aliphatic carboxylic acids is 6. The van der Waals surface area contributed by atoms with E-state index in [0.717, 1.165) is 75.6 Å². The van der Waals surface area contributed by atoms with Crippen LogP contribution in [0.25, 0.3) is 0 Å². The lowest BCUT2D eigenvalue weighted by atomic mass is 9.74. The minimum atomic E-state index is -1.08. The summed E-state index contributed by atoms with van der Waals surface area (Å²) in [5, 5.41) is 73.4. The fourth-order valence-electron chi connectivity index (χ4n) is 10.4. The molecule has 0 radical (unpaired) electrons. The fraction of sp³-hybridized carbons (Fsp3) is 0.643. The molecule has 86 heavy (non-hydrogen) atoms. The SMILES string of the molecule is CCCN(C(=O)NCCN(C)C)C(=O)[C@@H]1C[C@@H]2Cc3c(sc(N)c3C#N)C[C@H]2N(C)C1.CCCN(C(=O)NCCN(C)C)C(=O)[C@@H]1C[C@@H]2Cc3c(sc(N)c3C#N)C[C@H]2N(C)C1.O=C(O)CCC(=O)O.O=C(O)CCC(=O)O.O=C(O)CCC(=O)O. The van der Waals surface area contributed by atoms with Gasteiger partial charge in [-0.1, -0.05) is 13.8 Å². The van der Waals surface area contributed by atoms with E-state index in [1.807, 2.05) is 51.8 Å². The molecule has 4 aliphatic rings. The molecule has 478 valence electrons. The summed E-state index contributed by atoms with van der Waals surface area (Å²) in [5.41, 5.74) is 15.5. The normalized spacial score (nSPS) is 19.0. The molecule has 6 atom stereocenters. The van der Waals surface area contributed by atoms with Gasteiger partial charge in [0.2, 0.25) is 11.8 Å². The number of anilines is 2. The number of thiophene rings is 2. The van der Waals surface area contributed by atoms with Gasteiger partial charge in [0.15, 0.2) is 0 Å². The number of carboxylic acid groups (broad SMARTS) is 6. The van der Waals surface area contributed by atoms with Gasteiger partial charge in [0, 0.05) is 74.2 Å². The smallest absolute Gasteiger partial charge is 0.324 e. The largest absolute Gasteiger partial charge is 0.481 e. The Morgan fingerprint density at radius 3 is 1.06 bits per heavy atom. The topological polar surface area (TPSA) is 435 Å². The van der Waals surface area contributed by atoms with Gasteiger partial charge in [-0.3, -0.25) is 48.2 Å². The van der Waals surface area contributed by atoms with Crippen molar-refractivity contribution in [3.8, 4) is 12.1 Å². The maximum atomic E-state index is 13.4. The van der Waals surface area contributed by atoms with Crippen LogP contribution in [-0.4, -0.2) is 226 Å². The van der Waals surface area contributed by atoms with Crippen molar-refractivity contribution in [3.05, 3.63) is 32.0 Å². The van der Waals surface area contributed by atoms with E-state index in [-0.39, 0.29) is 86.1 Å². The number of rotatable bonds is 21. The van der Waals surface area contributed by atoms with Gasteiger partial charge < -0.3 is 72.3 Å². The molecule has 0 unspecified atom stereocenters. The number of likely N-dealkylation sites (N-methyl/N-ethyl adjacent to an activating group) is 4. The first-order valence-electron chi connectivity index (χ1n) is 28.2. The Morgan fingerprint density at radius 2 is 0.814 bits per heavy atom. The monoisotopic (exact) mass is 1250 g/mol. The number of likely N-dealkylation sites (tertiary alicyclic amines) is 2. The third kappa shape index (κ3) is 24.5. The molecule has 6 rings (SSSR count). The summed E-state index contributed by atoms with van der Waals surface area (Å²) >= 11 is 3.06. The van der Waals surface area contributed by atoms with Crippen LogP contribution in [0.4, 0.5) is 19.6 Å². The molecule has 12 N–H and O–H groups in total. The molecule has 2 saturated heterocycles. The number of piperidine rings is 2. The Balaban J connectivity index is 0.000000426. The Bertz CT molecular complexity index is 2510. The second-order valence-electron chi connectivity index (χ2n) is 21.8. The molecule has 28 nitrogen and oxygen atoms in total. The number of nitrogen functional groups attached to an aromatic ring is 2. The Kier molecular flexibility index (Phi) is 32.2. The number of nitrogens with two attached hydrogens (primary N) is 2. The maximum Gasteiger partial charge on any atom is 0.324 e. The molecule has 2 aliphatic carbocycles. The number of nitriles is 2. The van der Waals surface area contributed by atoms with Crippen molar-refractivity contribution in [2.75, 3.05) is 106 Å². The summed E-state index contributed by atoms with van der Waals surface area (Å²) in [6.07, 6.45) is 4.43. The van der Waals surface area contributed by atoms with Crippen LogP contribution in [0.1, 0.15) is 110 Å². The van der Waals surface area contributed by atoms with E-state index in [1.54, 1.807) is 0 Å². The summed E-state index contributed by atoms with van der Waals surface area (Å²) in [5.74, 6) is -6.53. The van der Waals surface area contributed by atoms with Crippen LogP contribution in [0.5, 0.6) is 0 Å². The van der Waals surface area contributed by atoms with E-state index < -0.39 is 35.8 Å². The van der Waals surface area contributed by atoms with E-state index in [4.69, 9.17) is 42.1 Å². The number of carbonyl (C=O) groups is 10. The molecule has 0 saturated carbocycles. The average Bonchev–Trinajstić information content (AvgIpc) is 1.85. The zero-order chi connectivity index (χ0) is 65.1. The number of imide groups is 2. The summed E-state index contributed by atoms with van der Waals surface area (Å²) in [4.78, 5) is 124. The summed E-state index contributed by atoms with van der Waals surface area (Å²) in [7, 11) is 11.9. The minimum Gasteiger partial charge on any atom is -0.481 e. The van der Waals surface area contributed by atoms with Crippen molar-refractivity contribution in [1.29, 1.82) is 10.5 Å². The lowest BCUT2D eigenvalue weighted by molar-refractivity contribution is -0.143. The quantitative estimate of drug-likeness (QED) is 0.0857. The van der Waals surface area contributed by atoms with Gasteiger partial charge in [0.05, 0.1) is 61.5 Å². The van der Waals surface area contributed by atoms with Gasteiger partial charge in [0.1, 0.15) is 22.1 Å². The van der Waals surface area contributed by atoms with Gasteiger partial charge in [-0.25, -0.2) is 9.59 Å². The molecule has 0 aromatic carbocycles. The highest BCUT2D eigenvalue weighted by atomic mass is 32.1. The van der Waals surface area contributed by atoms with Crippen LogP contribution in [-0.2, 0) is 64.0 Å². The first kappa shape index (κ1) is 74.6. The predicted octanol–water partition coefficient (Wildman–Crippen LogP) is 3.30. The third-order valence-electron chi connectivity index (χ3n) is 14.5. The van der Waals surface area contributed by atoms with Crippen LogP contribution >= 0.6 is 22.7 Å². The number of nitrogens with one attached hydrogen (secondary N) is 2. The number of hydrogen-bond acceptors (Lipinski definition) is 20. The predicted molar refractivity (Wildman–Crippen MR) is 319 cm³/mol. The van der Waals surface area contributed by atoms with Crippen molar-refractivity contribution < 1.29 is 78.6 Å².